The average Bonchev–Trinajstić information content (AvgIpc) is 2.62. The quantitative estimate of drug-likeness (QED) is 0.765. The molecule has 26 heavy (non-hydrogen) atoms. The summed E-state index contributed by atoms with van der Waals surface area (Å²) in [5, 5.41) is 3.15. The van der Waals surface area contributed by atoms with E-state index in [1.165, 1.54) is 37.7 Å². The summed E-state index contributed by atoms with van der Waals surface area (Å²) in [6.07, 6.45) is 7.30. The van der Waals surface area contributed by atoms with Crippen LogP contribution in [0.15, 0.2) is 60.7 Å². The highest BCUT2D eigenvalue weighted by atomic mass is 16.1. The summed E-state index contributed by atoms with van der Waals surface area (Å²) < 4.78 is 0. The van der Waals surface area contributed by atoms with Gasteiger partial charge in [-0.2, -0.15) is 0 Å². The third kappa shape index (κ3) is 2.76. The van der Waals surface area contributed by atoms with Gasteiger partial charge in [-0.3, -0.25) is 4.79 Å². The van der Waals surface area contributed by atoms with Crippen molar-refractivity contribution in [3.8, 4) is 0 Å². The van der Waals surface area contributed by atoms with Crippen LogP contribution in [0.2, 0.25) is 0 Å². The van der Waals surface area contributed by atoms with E-state index in [2.05, 4.69) is 35.6 Å². The summed E-state index contributed by atoms with van der Waals surface area (Å²) in [6.45, 7) is 0. The molecule has 0 aliphatic heterocycles. The highest BCUT2D eigenvalue weighted by Crippen LogP contribution is 2.67. The Morgan fingerprint density at radius 1 is 0.885 bits per heavy atom. The van der Waals surface area contributed by atoms with Crippen LogP contribution in [0.3, 0.4) is 0 Å². The largest absolute Gasteiger partial charge is 0.326 e. The van der Waals surface area contributed by atoms with E-state index in [0.29, 0.717) is 12.3 Å². The van der Waals surface area contributed by atoms with Crippen molar-refractivity contribution in [2.24, 2.45) is 23.2 Å². The summed E-state index contributed by atoms with van der Waals surface area (Å²) in [5.41, 5.74) is 2.54. The monoisotopic (exact) mass is 345 g/mol. The van der Waals surface area contributed by atoms with Crippen LogP contribution >= 0.6 is 0 Å². The molecular formula is C24H27NO. The van der Waals surface area contributed by atoms with E-state index < -0.39 is 0 Å². The molecular weight excluding hydrogens is 318 g/mol. The summed E-state index contributed by atoms with van der Waals surface area (Å²) in [4.78, 5) is 13.0. The second-order valence-electron chi connectivity index (χ2n) is 8.95. The number of rotatable bonds is 4. The average molecular weight is 345 g/mol. The minimum Gasteiger partial charge on any atom is -0.326 e. The van der Waals surface area contributed by atoms with Crippen molar-refractivity contribution in [3.05, 3.63) is 66.2 Å². The molecule has 2 aromatic rings. The van der Waals surface area contributed by atoms with Gasteiger partial charge in [-0.25, -0.2) is 0 Å². The molecule has 1 amide bonds. The standard InChI is InChI=1S/C24H27NO/c26-22(25-21-9-5-2-6-10-21)16-24-14-17-11-18(15-24)13-20(12-17)23(24)19-7-3-1-4-8-19/h1-10,17-18,20,23H,11-16H2,(H,25,26). The highest BCUT2D eigenvalue weighted by molar-refractivity contribution is 5.91. The smallest absolute Gasteiger partial charge is 0.224 e. The molecule has 0 spiro atoms. The van der Waals surface area contributed by atoms with Crippen molar-refractivity contribution < 1.29 is 4.79 Å². The maximum Gasteiger partial charge on any atom is 0.224 e. The molecule has 0 aromatic heterocycles. The van der Waals surface area contributed by atoms with Gasteiger partial charge in [-0.15, -0.1) is 0 Å². The number of amides is 1. The van der Waals surface area contributed by atoms with Crippen molar-refractivity contribution in [1.29, 1.82) is 0 Å². The fourth-order valence-corrected chi connectivity index (χ4v) is 6.80. The number of carbonyl (C=O) groups is 1. The van der Waals surface area contributed by atoms with Crippen LogP contribution in [0.5, 0.6) is 0 Å². The molecule has 0 radical (unpaired) electrons. The third-order valence-electron chi connectivity index (χ3n) is 7.19. The van der Waals surface area contributed by atoms with E-state index in [4.69, 9.17) is 0 Å². The van der Waals surface area contributed by atoms with Crippen LogP contribution in [0.4, 0.5) is 5.69 Å². The van der Waals surface area contributed by atoms with Gasteiger partial charge in [0.15, 0.2) is 0 Å². The first kappa shape index (κ1) is 16.1. The number of hydrogen-bond donors (Lipinski definition) is 1. The molecule has 4 aliphatic carbocycles. The molecule has 3 atom stereocenters. The lowest BCUT2D eigenvalue weighted by Crippen LogP contribution is -2.52. The van der Waals surface area contributed by atoms with Crippen LogP contribution < -0.4 is 5.32 Å². The first-order valence-corrected chi connectivity index (χ1v) is 10.1. The molecule has 2 nitrogen and oxygen atoms in total. The van der Waals surface area contributed by atoms with Gasteiger partial charge in [-0.05, 0) is 78.9 Å². The first-order chi connectivity index (χ1) is 12.7. The zero-order valence-electron chi connectivity index (χ0n) is 15.2. The normalized spacial score (nSPS) is 34.6. The first-order valence-electron chi connectivity index (χ1n) is 10.1. The van der Waals surface area contributed by atoms with Crippen LogP contribution in [0.1, 0.15) is 50.0 Å². The van der Waals surface area contributed by atoms with Crippen LogP contribution in [-0.2, 0) is 4.79 Å². The van der Waals surface area contributed by atoms with Gasteiger partial charge in [0.25, 0.3) is 0 Å². The van der Waals surface area contributed by atoms with Crippen molar-refractivity contribution >= 4 is 11.6 Å². The van der Waals surface area contributed by atoms with E-state index >= 15 is 0 Å². The maximum atomic E-state index is 13.0. The van der Waals surface area contributed by atoms with Gasteiger partial charge in [-0.1, -0.05) is 48.5 Å². The Hall–Kier alpha value is -2.09. The molecule has 2 heteroatoms. The number of anilines is 1. The molecule has 4 fully saturated rings. The SMILES string of the molecule is O=C(CC12CC3CC(CC(C3)C1c1ccccc1)C2)Nc1ccccc1. The highest BCUT2D eigenvalue weighted by Gasteiger charge is 2.57. The Kier molecular flexibility index (Phi) is 3.88. The van der Waals surface area contributed by atoms with Crippen LogP contribution in [-0.4, -0.2) is 5.91 Å². The third-order valence-corrected chi connectivity index (χ3v) is 7.19. The van der Waals surface area contributed by atoms with E-state index in [1.54, 1.807) is 0 Å². The van der Waals surface area contributed by atoms with Crippen molar-refractivity contribution in [2.45, 2.75) is 44.4 Å². The summed E-state index contributed by atoms with van der Waals surface area (Å²) >= 11 is 0. The zero-order chi connectivity index (χ0) is 17.6. The molecule has 4 saturated carbocycles. The van der Waals surface area contributed by atoms with Gasteiger partial charge in [0.1, 0.15) is 0 Å². The van der Waals surface area contributed by atoms with E-state index in [9.17, 15) is 4.79 Å². The molecule has 4 bridgehead atoms. The van der Waals surface area contributed by atoms with Gasteiger partial charge in [0.05, 0.1) is 0 Å². The molecule has 0 heterocycles. The van der Waals surface area contributed by atoms with E-state index in [-0.39, 0.29) is 11.3 Å². The molecule has 6 rings (SSSR count). The maximum absolute atomic E-state index is 13.0. The fraction of sp³-hybridized carbons (Fsp3) is 0.458. The van der Waals surface area contributed by atoms with Crippen molar-refractivity contribution in [3.63, 3.8) is 0 Å². The Balaban J connectivity index is 1.44. The van der Waals surface area contributed by atoms with E-state index in [1.807, 2.05) is 30.3 Å². The van der Waals surface area contributed by atoms with Gasteiger partial charge in [0.2, 0.25) is 5.91 Å². The van der Waals surface area contributed by atoms with Crippen LogP contribution in [0.25, 0.3) is 0 Å². The number of carbonyl (C=O) groups excluding carboxylic acids is 1. The van der Waals surface area contributed by atoms with Crippen molar-refractivity contribution in [2.75, 3.05) is 5.32 Å². The lowest BCUT2D eigenvalue weighted by molar-refractivity contribution is -0.127. The number of para-hydroxylation sites is 1. The van der Waals surface area contributed by atoms with Gasteiger partial charge >= 0.3 is 0 Å². The molecule has 134 valence electrons. The summed E-state index contributed by atoms with van der Waals surface area (Å²) in [5.74, 6) is 3.21. The lowest BCUT2D eigenvalue weighted by atomic mass is 9.43. The molecule has 4 aliphatic rings. The summed E-state index contributed by atoms with van der Waals surface area (Å²) in [6, 6.07) is 20.9. The van der Waals surface area contributed by atoms with Gasteiger partial charge < -0.3 is 5.32 Å². The second kappa shape index (κ2) is 6.26. The number of hydrogen-bond acceptors (Lipinski definition) is 1. The Bertz CT molecular complexity index is 770. The Labute approximate surface area is 156 Å². The van der Waals surface area contributed by atoms with E-state index in [0.717, 1.165) is 23.4 Å². The second-order valence-corrected chi connectivity index (χ2v) is 8.95. The molecule has 2 aromatic carbocycles. The number of nitrogens with one attached hydrogen (secondary N) is 1. The Morgan fingerprint density at radius 2 is 1.50 bits per heavy atom. The predicted octanol–water partition coefficient (Wildman–Crippen LogP) is 5.63. The molecule has 1 N–H and O–H groups in total. The minimum absolute atomic E-state index is 0.162. The lowest BCUT2D eigenvalue weighted by Gasteiger charge is -2.61. The van der Waals surface area contributed by atoms with Crippen molar-refractivity contribution in [1.82, 2.24) is 0 Å². The fourth-order valence-electron chi connectivity index (χ4n) is 6.80. The van der Waals surface area contributed by atoms with Gasteiger partial charge in [0, 0.05) is 12.1 Å². The zero-order valence-corrected chi connectivity index (χ0v) is 15.2. The number of benzene rings is 2. The van der Waals surface area contributed by atoms with Crippen LogP contribution in [0, 0.1) is 23.2 Å². The molecule has 0 saturated heterocycles. The molecule has 3 unspecified atom stereocenters. The summed E-state index contributed by atoms with van der Waals surface area (Å²) in [7, 11) is 0. The Morgan fingerprint density at radius 3 is 2.15 bits per heavy atom. The minimum atomic E-state index is 0.162. The predicted molar refractivity (Wildman–Crippen MR) is 105 cm³/mol. The topological polar surface area (TPSA) is 29.1 Å².